The summed E-state index contributed by atoms with van der Waals surface area (Å²) in [5.74, 6) is -0.000182. The number of amides is 1. The number of nitrogens with one attached hydrogen (secondary N) is 1. The maximum atomic E-state index is 12.1. The average molecular weight is 297 g/mol. The number of hydrogen-bond donors (Lipinski definition) is 2. The molecule has 0 aromatic carbocycles. The van der Waals surface area contributed by atoms with Crippen LogP contribution in [0.15, 0.2) is 17.5 Å². The van der Waals surface area contributed by atoms with Crippen LogP contribution in [-0.4, -0.2) is 41.5 Å². The molecular formula is C13H19N3OS2. The molecule has 0 spiro atoms. The lowest BCUT2D eigenvalue weighted by molar-refractivity contribution is -0.122. The number of rotatable bonds is 4. The fourth-order valence-electron chi connectivity index (χ4n) is 2.32. The van der Waals surface area contributed by atoms with Gasteiger partial charge in [0, 0.05) is 18.0 Å². The highest BCUT2D eigenvalue weighted by molar-refractivity contribution is 7.80. The number of nitrogens with zero attached hydrogens (tertiary/aromatic N) is 1. The maximum Gasteiger partial charge on any atom is 0.226 e. The Kier molecular flexibility index (Phi) is 4.54. The number of piperidine rings is 1. The van der Waals surface area contributed by atoms with Gasteiger partial charge < -0.3 is 16.0 Å². The van der Waals surface area contributed by atoms with Gasteiger partial charge in [0.1, 0.15) is 0 Å². The molecule has 1 amide bonds. The minimum absolute atomic E-state index is 0.000182. The van der Waals surface area contributed by atoms with Gasteiger partial charge in [-0.1, -0.05) is 18.3 Å². The lowest BCUT2D eigenvalue weighted by atomic mass is 9.87. The average Bonchev–Trinajstić information content (AvgIpc) is 2.84. The van der Waals surface area contributed by atoms with Gasteiger partial charge in [-0.25, -0.2) is 0 Å². The van der Waals surface area contributed by atoms with Crippen molar-refractivity contribution in [1.82, 2.24) is 10.2 Å². The van der Waals surface area contributed by atoms with Gasteiger partial charge in [0.2, 0.25) is 5.91 Å². The minimum atomic E-state index is -0.504. The summed E-state index contributed by atoms with van der Waals surface area (Å²) in [5.41, 5.74) is 5.37. The molecule has 0 radical (unpaired) electrons. The van der Waals surface area contributed by atoms with E-state index in [0.29, 0.717) is 11.4 Å². The first kappa shape index (κ1) is 14.4. The molecule has 2 rings (SSSR count). The molecule has 1 aliphatic heterocycles. The van der Waals surface area contributed by atoms with Gasteiger partial charge in [-0.3, -0.25) is 4.79 Å². The van der Waals surface area contributed by atoms with E-state index in [4.69, 9.17) is 18.0 Å². The molecule has 0 aliphatic carbocycles. The van der Waals surface area contributed by atoms with Gasteiger partial charge >= 0.3 is 0 Å². The van der Waals surface area contributed by atoms with E-state index >= 15 is 0 Å². The van der Waals surface area contributed by atoms with E-state index in [2.05, 4.69) is 17.3 Å². The van der Waals surface area contributed by atoms with Crippen LogP contribution in [0.25, 0.3) is 0 Å². The second kappa shape index (κ2) is 5.98. The van der Waals surface area contributed by atoms with Gasteiger partial charge in [-0.05, 0) is 31.3 Å². The van der Waals surface area contributed by atoms with Crippen LogP contribution in [-0.2, 0) is 11.2 Å². The van der Waals surface area contributed by atoms with E-state index < -0.39 is 5.54 Å². The fourth-order valence-corrected chi connectivity index (χ4v) is 3.27. The van der Waals surface area contributed by atoms with Gasteiger partial charge in [-0.15, -0.1) is 11.3 Å². The molecule has 0 unspecified atom stereocenters. The Balaban J connectivity index is 2.01. The van der Waals surface area contributed by atoms with Crippen molar-refractivity contribution >= 4 is 34.5 Å². The molecule has 6 heteroatoms. The van der Waals surface area contributed by atoms with E-state index in [1.54, 1.807) is 11.3 Å². The maximum absolute atomic E-state index is 12.1. The first-order valence-corrected chi connectivity index (χ1v) is 7.62. The minimum Gasteiger partial charge on any atom is -0.391 e. The zero-order valence-corrected chi connectivity index (χ0v) is 12.6. The Morgan fingerprint density at radius 2 is 2.26 bits per heavy atom. The molecule has 1 aromatic rings. The molecule has 19 heavy (non-hydrogen) atoms. The summed E-state index contributed by atoms with van der Waals surface area (Å²) in [6.07, 6.45) is 1.97. The Hall–Kier alpha value is -0.980. The zero-order valence-electron chi connectivity index (χ0n) is 11.0. The number of thiocarbonyl (C=S) groups is 1. The van der Waals surface area contributed by atoms with Crippen LogP contribution in [0.2, 0.25) is 0 Å². The second-order valence-electron chi connectivity index (χ2n) is 5.05. The Morgan fingerprint density at radius 3 is 2.79 bits per heavy atom. The van der Waals surface area contributed by atoms with Gasteiger partial charge in [0.25, 0.3) is 0 Å². The van der Waals surface area contributed by atoms with Crippen LogP contribution in [0.3, 0.4) is 0 Å². The quantitative estimate of drug-likeness (QED) is 0.819. The van der Waals surface area contributed by atoms with E-state index in [9.17, 15) is 4.79 Å². The van der Waals surface area contributed by atoms with Crippen molar-refractivity contribution in [3.05, 3.63) is 22.4 Å². The summed E-state index contributed by atoms with van der Waals surface area (Å²) in [7, 11) is 2.07. The standard InChI is InChI=1S/C13H19N3OS2/c1-16-6-4-13(5-7-16,12(14)18)15-11(17)9-10-3-2-8-19-10/h2-3,8H,4-7,9H2,1H3,(H2,14,18)(H,15,17). The van der Waals surface area contributed by atoms with Crippen LogP contribution in [0.5, 0.6) is 0 Å². The van der Waals surface area contributed by atoms with Crippen molar-refractivity contribution in [3.63, 3.8) is 0 Å². The van der Waals surface area contributed by atoms with Gasteiger partial charge in [0.05, 0.1) is 16.9 Å². The highest BCUT2D eigenvalue weighted by atomic mass is 32.1. The molecule has 1 fully saturated rings. The highest BCUT2D eigenvalue weighted by Crippen LogP contribution is 2.22. The topological polar surface area (TPSA) is 58.4 Å². The number of nitrogens with two attached hydrogens (primary N) is 1. The van der Waals surface area contributed by atoms with Crippen molar-refractivity contribution in [2.24, 2.45) is 5.73 Å². The van der Waals surface area contributed by atoms with Crippen LogP contribution in [0.1, 0.15) is 17.7 Å². The molecule has 2 heterocycles. The van der Waals surface area contributed by atoms with E-state index in [1.165, 1.54) is 0 Å². The molecule has 1 saturated heterocycles. The molecule has 0 atom stereocenters. The van der Waals surface area contributed by atoms with Gasteiger partial charge in [0.15, 0.2) is 0 Å². The van der Waals surface area contributed by atoms with E-state index in [1.807, 2.05) is 17.5 Å². The summed E-state index contributed by atoms with van der Waals surface area (Å²) in [6, 6.07) is 3.92. The smallest absolute Gasteiger partial charge is 0.226 e. The molecule has 1 aliphatic rings. The monoisotopic (exact) mass is 297 g/mol. The van der Waals surface area contributed by atoms with Crippen molar-refractivity contribution < 1.29 is 4.79 Å². The second-order valence-corrected chi connectivity index (χ2v) is 6.53. The highest BCUT2D eigenvalue weighted by Gasteiger charge is 2.37. The van der Waals surface area contributed by atoms with Crippen molar-refractivity contribution in [1.29, 1.82) is 0 Å². The molecule has 104 valence electrons. The van der Waals surface area contributed by atoms with E-state index in [-0.39, 0.29) is 5.91 Å². The van der Waals surface area contributed by atoms with Crippen molar-refractivity contribution in [2.75, 3.05) is 20.1 Å². The lowest BCUT2D eigenvalue weighted by Crippen LogP contribution is -2.61. The molecule has 0 bridgehead atoms. The van der Waals surface area contributed by atoms with Crippen LogP contribution in [0.4, 0.5) is 0 Å². The van der Waals surface area contributed by atoms with Crippen LogP contribution < -0.4 is 11.1 Å². The number of thiophene rings is 1. The molecule has 4 nitrogen and oxygen atoms in total. The largest absolute Gasteiger partial charge is 0.391 e. The molecule has 1 aromatic heterocycles. The van der Waals surface area contributed by atoms with Crippen molar-refractivity contribution in [2.45, 2.75) is 24.8 Å². The third kappa shape index (κ3) is 3.52. The van der Waals surface area contributed by atoms with Crippen molar-refractivity contribution in [3.8, 4) is 0 Å². The number of carbonyl (C=O) groups excluding carboxylic acids is 1. The Morgan fingerprint density at radius 1 is 1.58 bits per heavy atom. The molecular weight excluding hydrogens is 278 g/mol. The number of likely N-dealkylation sites (tertiary alicyclic amines) is 1. The summed E-state index contributed by atoms with van der Waals surface area (Å²) in [5, 5.41) is 5.04. The fraction of sp³-hybridized carbons (Fsp3) is 0.538. The Labute approximate surface area is 123 Å². The Bertz CT molecular complexity index is 450. The zero-order chi connectivity index (χ0) is 13.9. The van der Waals surface area contributed by atoms with Crippen LogP contribution in [0, 0.1) is 0 Å². The summed E-state index contributed by atoms with van der Waals surface area (Å²) < 4.78 is 0. The SMILES string of the molecule is CN1CCC(NC(=O)Cc2cccs2)(C(N)=S)CC1. The first-order valence-electron chi connectivity index (χ1n) is 6.34. The normalized spacial score (nSPS) is 19.0. The molecule has 3 N–H and O–H groups in total. The number of hydrogen-bond acceptors (Lipinski definition) is 4. The van der Waals surface area contributed by atoms with E-state index in [0.717, 1.165) is 30.8 Å². The summed E-state index contributed by atoms with van der Waals surface area (Å²) >= 11 is 6.77. The predicted octanol–water partition coefficient (Wildman–Crippen LogP) is 1.16. The summed E-state index contributed by atoms with van der Waals surface area (Å²) in [6.45, 7) is 1.80. The first-order chi connectivity index (χ1) is 9.02. The van der Waals surface area contributed by atoms with Crippen LogP contribution >= 0.6 is 23.6 Å². The summed E-state index contributed by atoms with van der Waals surface area (Å²) in [4.78, 5) is 15.8. The number of carbonyl (C=O) groups is 1. The third-order valence-corrected chi connectivity index (χ3v) is 4.87. The molecule has 0 saturated carbocycles. The lowest BCUT2D eigenvalue weighted by Gasteiger charge is -2.40. The predicted molar refractivity (Wildman–Crippen MR) is 82.4 cm³/mol. The third-order valence-electron chi connectivity index (χ3n) is 3.61. The van der Waals surface area contributed by atoms with Gasteiger partial charge in [-0.2, -0.15) is 0 Å².